The average molecular weight is 358 g/mol. The monoisotopic (exact) mass is 358 g/mol. The molecule has 1 fully saturated rings. The molecule has 1 amide bonds. The quantitative estimate of drug-likeness (QED) is 0.536. The van der Waals surface area contributed by atoms with Gasteiger partial charge in [0.1, 0.15) is 17.9 Å². The van der Waals surface area contributed by atoms with E-state index in [4.69, 9.17) is 4.74 Å². The molecule has 1 aliphatic carbocycles. The maximum atomic E-state index is 11.2. The van der Waals surface area contributed by atoms with Crippen LogP contribution in [-0.2, 0) is 4.79 Å². The molecule has 1 aromatic carbocycles. The number of nitrogens with zero attached hydrogens (tertiary/aromatic N) is 4. The molecule has 1 heterocycles. The lowest BCUT2D eigenvalue weighted by Crippen LogP contribution is -2.12. The summed E-state index contributed by atoms with van der Waals surface area (Å²) in [6.07, 6.45) is 8.69. The first-order chi connectivity index (χ1) is 12.1. The molecule has 1 aromatic heterocycles. The molecule has 0 bridgehead atoms. The van der Waals surface area contributed by atoms with E-state index in [0.717, 1.165) is 40.7 Å². The normalized spacial score (nSPS) is 14.4. The summed E-state index contributed by atoms with van der Waals surface area (Å²) >= 11 is 1.67. The molecule has 0 spiro atoms. The van der Waals surface area contributed by atoms with Gasteiger partial charge in [-0.1, -0.05) is 0 Å². The Morgan fingerprint density at radius 3 is 2.88 bits per heavy atom. The molecule has 7 heteroatoms. The van der Waals surface area contributed by atoms with Crippen LogP contribution in [0.4, 0.5) is 0 Å². The highest BCUT2D eigenvalue weighted by Gasteiger charge is 2.23. The van der Waals surface area contributed by atoms with Crippen molar-refractivity contribution in [3.63, 3.8) is 0 Å². The molecular weight excluding hydrogens is 336 g/mol. The van der Waals surface area contributed by atoms with Gasteiger partial charge in [-0.2, -0.15) is 0 Å². The first-order valence-corrected chi connectivity index (χ1v) is 9.42. The second-order valence-corrected chi connectivity index (χ2v) is 7.03. The van der Waals surface area contributed by atoms with Crippen molar-refractivity contribution < 1.29 is 9.53 Å². The van der Waals surface area contributed by atoms with Crippen molar-refractivity contribution in [3.05, 3.63) is 42.1 Å². The van der Waals surface area contributed by atoms with Crippen molar-refractivity contribution in [1.82, 2.24) is 19.7 Å². The minimum absolute atomic E-state index is 0.662. The van der Waals surface area contributed by atoms with Crippen LogP contribution in [0.3, 0.4) is 0 Å². The van der Waals surface area contributed by atoms with Gasteiger partial charge in [-0.25, -0.2) is 0 Å². The van der Waals surface area contributed by atoms with Crippen LogP contribution in [0.5, 0.6) is 5.75 Å². The van der Waals surface area contributed by atoms with Crippen LogP contribution in [0, 0.1) is 12.8 Å². The van der Waals surface area contributed by atoms with Gasteiger partial charge < -0.3 is 9.64 Å². The number of thioether (sulfide) groups is 1. The number of amides is 1. The van der Waals surface area contributed by atoms with Crippen molar-refractivity contribution in [3.8, 4) is 5.75 Å². The van der Waals surface area contributed by atoms with E-state index in [0.29, 0.717) is 5.92 Å². The third-order valence-electron chi connectivity index (χ3n) is 4.10. The second kappa shape index (κ2) is 7.74. The summed E-state index contributed by atoms with van der Waals surface area (Å²) in [5.41, 5.74) is 1.72. The minimum Gasteiger partial charge on any atom is -0.493 e. The summed E-state index contributed by atoms with van der Waals surface area (Å²) in [4.78, 5) is 13.8. The molecule has 0 unspecified atom stereocenters. The van der Waals surface area contributed by atoms with E-state index in [1.807, 2.05) is 23.8 Å². The molecule has 6 nitrogen and oxygen atoms in total. The topological polar surface area (TPSA) is 60.2 Å². The SMILES string of the molecule is CSc1ccc(OCC2CC2)c(/C(=C/N(C)C=O)n2cnnc2C)c1. The van der Waals surface area contributed by atoms with E-state index in [-0.39, 0.29) is 0 Å². The molecule has 0 radical (unpaired) electrons. The van der Waals surface area contributed by atoms with E-state index in [9.17, 15) is 4.79 Å². The smallest absolute Gasteiger partial charge is 0.213 e. The molecule has 3 rings (SSSR count). The van der Waals surface area contributed by atoms with E-state index in [2.05, 4.69) is 22.3 Å². The van der Waals surface area contributed by atoms with E-state index in [1.165, 1.54) is 17.7 Å². The number of carbonyl (C=O) groups is 1. The molecule has 1 aliphatic rings. The zero-order valence-electron chi connectivity index (χ0n) is 14.7. The molecule has 25 heavy (non-hydrogen) atoms. The molecule has 0 aliphatic heterocycles. The van der Waals surface area contributed by atoms with Gasteiger partial charge in [0.25, 0.3) is 0 Å². The Kier molecular flexibility index (Phi) is 5.43. The zero-order valence-corrected chi connectivity index (χ0v) is 15.5. The molecule has 0 saturated heterocycles. The van der Waals surface area contributed by atoms with Gasteiger partial charge in [0.15, 0.2) is 0 Å². The Morgan fingerprint density at radius 2 is 2.28 bits per heavy atom. The van der Waals surface area contributed by atoms with Crippen LogP contribution < -0.4 is 4.74 Å². The predicted molar refractivity (Wildman–Crippen MR) is 98.4 cm³/mol. The Labute approximate surface area is 151 Å². The molecule has 132 valence electrons. The first-order valence-electron chi connectivity index (χ1n) is 8.19. The molecule has 2 aromatic rings. The summed E-state index contributed by atoms with van der Waals surface area (Å²) in [6.45, 7) is 2.61. The summed E-state index contributed by atoms with van der Waals surface area (Å²) in [6, 6.07) is 6.13. The largest absolute Gasteiger partial charge is 0.493 e. The van der Waals surface area contributed by atoms with Gasteiger partial charge in [-0.05, 0) is 50.1 Å². The molecule has 0 N–H and O–H groups in total. The van der Waals surface area contributed by atoms with Crippen LogP contribution in [0.15, 0.2) is 35.6 Å². The van der Waals surface area contributed by atoms with Crippen LogP contribution >= 0.6 is 11.8 Å². The number of carbonyl (C=O) groups excluding carboxylic acids is 1. The molecule has 0 atom stereocenters. The maximum absolute atomic E-state index is 11.2. The number of ether oxygens (including phenoxy) is 1. The van der Waals surface area contributed by atoms with Gasteiger partial charge >= 0.3 is 0 Å². The highest BCUT2D eigenvalue weighted by molar-refractivity contribution is 7.98. The lowest BCUT2D eigenvalue weighted by Gasteiger charge is -2.18. The highest BCUT2D eigenvalue weighted by Crippen LogP contribution is 2.34. The Morgan fingerprint density at radius 1 is 1.48 bits per heavy atom. The highest BCUT2D eigenvalue weighted by atomic mass is 32.2. The summed E-state index contributed by atoms with van der Waals surface area (Å²) in [5.74, 6) is 2.21. The van der Waals surface area contributed by atoms with Crippen molar-refractivity contribution in [2.75, 3.05) is 19.9 Å². The van der Waals surface area contributed by atoms with E-state index < -0.39 is 0 Å². The third kappa shape index (κ3) is 4.22. The summed E-state index contributed by atoms with van der Waals surface area (Å²) in [7, 11) is 1.70. The van der Waals surface area contributed by atoms with Crippen LogP contribution in [0.25, 0.3) is 5.70 Å². The van der Waals surface area contributed by atoms with Crippen molar-refractivity contribution in [2.24, 2.45) is 5.92 Å². The lowest BCUT2D eigenvalue weighted by atomic mass is 10.1. The maximum Gasteiger partial charge on any atom is 0.213 e. The first kappa shape index (κ1) is 17.5. The van der Waals surface area contributed by atoms with Gasteiger partial charge in [0.2, 0.25) is 6.41 Å². The van der Waals surface area contributed by atoms with Gasteiger partial charge in [-0.15, -0.1) is 22.0 Å². The number of rotatable bonds is 8. The average Bonchev–Trinajstić information content (AvgIpc) is 3.37. The van der Waals surface area contributed by atoms with Crippen LogP contribution in [0.2, 0.25) is 0 Å². The summed E-state index contributed by atoms with van der Waals surface area (Å²) < 4.78 is 7.95. The fourth-order valence-corrected chi connectivity index (χ4v) is 2.91. The van der Waals surface area contributed by atoms with Crippen molar-refractivity contribution >= 4 is 23.9 Å². The molecular formula is C18H22N4O2S. The third-order valence-corrected chi connectivity index (χ3v) is 4.83. The Balaban J connectivity index is 2.07. The lowest BCUT2D eigenvalue weighted by molar-refractivity contribution is -0.114. The molecule has 1 saturated carbocycles. The van der Waals surface area contributed by atoms with E-state index in [1.54, 1.807) is 31.3 Å². The number of aryl methyl sites for hydroxylation is 1. The second-order valence-electron chi connectivity index (χ2n) is 6.15. The predicted octanol–water partition coefficient (Wildman–Crippen LogP) is 3.03. The zero-order chi connectivity index (χ0) is 17.8. The Bertz CT molecular complexity index is 783. The van der Waals surface area contributed by atoms with Crippen molar-refractivity contribution in [2.45, 2.75) is 24.7 Å². The Hall–Kier alpha value is -2.28. The van der Waals surface area contributed by atoms with Gasteiger partial charge in [0.05, 0.1) is 12.3 Å². The number of aromatic nitrogens is 3. The van der Waals surface area contributed by atoms with Gasteiger partial charge in [-0.3, -0.25) is 9.36 Å². The van der Waals surface area contributed by atoms with E-state index >= 15 is 0 Å². The standard InChI is InChI=1S/C18H22N4O2S/c1-13-20-19-11-22(13)17(9-21(2)12-23)16-8-15(25-3)6-7-18(16)24-10-14-4-5-14/h6-9,11-12,14H,4-5,10H2,1-3H3/b17-9-. The number of benzene rings is 1. The number of hydrogen-bond acceptors (Lipinski definition) is 5. The summed E-state index contributed by atoms with van der Waals surface area (Å²) in [5, 5.41) is 8.05. The fourth-order valence-electron chi connectivity index (χ4n) is 2.47. The minimum atomic E-state index is 0.662. The van der Waals surface area contributed by atoms with Crippen LogP contribution in [-0.4, -0.2) is 46.0 Å². The van der Waals surface area contributed by atoms with Crippen LogP contribution in [0.1, 0.15) is 24.2 Å². The fraction of sp³-hybridized carbons (Fsp3) is 0.389. The number of hydrogen-bond donors (Lipinski definition) is 0. The van der Waals surface area contributed by atoms with Crippen molar-refractivity contribution in [1.29, 1.82) is 0 Å². The van der Waals surface area contributed by atoms with Gasteiger partial charge in [0, 0.05) is 23.7 Å².